The van der Waals surface area contributed by atoms with Crippen LogP contribution in [0.5, 0.6) is 0 Å². The van der Waals surface area contributed by atoms with E-state index in [9.17, 15) is 14.9 Å². The van der Waals surface area contributed by atoms with Gasteiger partial charge in [-0.25, -0.2) is 0 Å². The highest BCUT2D eigenvalue weighted by molar-refractivity contribution is 5.97. The lowest BCUT2D eigenvalue weighted by atomic mass is 10.1. The molecule has 0 aliphatic rings. The van der Waals surface area contributed by atoms with Crippen molar-refractivity contribution in [2.24, 2.45) is 0 Å². The zero-order valence-electron chi connectivity index (χ0n) is 10.1. The van der Waals surface area contributed by atoms with Crippen molar-refractivity contribution in [1.82, 2.24) is 4.98 Å². The molecule has 0 atom stereocenters. The first-order valence-corrected chi connectivity index (χ1v) is 5.45. The van der Waals surface area contributed by atoms with Crippen molar-refractivity contribution in [3.8, 4) is 0 Å². The molecule has 0 bridgehead atoms. The molecule has 98 valence electrons. The van der Waals surface area contributed by atoms with Gasteiger partial charge in [-0.05, 0) is 18.2 Å². The van der Waals surface area contributed by atoms with Crippen molar-refractivity contribution in [2.75, 3.05) is 18.5 Å². The van der Waals surface area contributed by atoms with Gasteiger partial charge in [0, 0.05) is 19.3 Å². The summed E-state index contributed by atoms with van der Waals surface area (Å²) in [5.74, 6) is -0.982. The molecule has 2 aromatic rings. The van der Waals surface area contributed by atoms with E-state index in [0.29, 0.717) is 16.6 Å². The molecule has 7 heteroatoms. The Morgan fingerprint density at radius 3 is 2.84 bits per heavy atom. The number of rotatable bonds is 4. The predicted octanol–water partition coefficient (Wildman–Crippen LogP) is 1.66. The van der Waals surface area contributed by atoms with Crippen molar-refractivity contribution < 1.29 is 14.8 Å². The van der Waals surface area contributed by atoms with Gasteiger partial charge in [0.05, 0.1) is 16.0 Å². The highest BCUT2D eigenvalue weighted by atomic mass is 16.6. The van der Waals surface area contributed by atoms with Gasteiger partial charge >= 0.3 is 5.97 Å². The Kier molecular flexibility index (Phi) is 3.28. The third-order valence-electron chi connectivity index (χ3n) is 2.71. The summed E-state index contributed by atoms with van der Waals surface area (Å²) in [6.45, 7) is -0.205. The molecule has 0 saturated heterocycles. The topological polar surface area (TPSA) is 96.6 Å². The molecule has 1 aromatic heterocycles. The summed E-state index contributed by atoms with van der Waals surface area (Å²) < 4.78 is 0. The maximum absolute atomic E-state index is 10.9. The smallest absolute Gasteiger partial charge is 0.323 e. The van der Waals surface area contributed by atoms with Gasteiger partial charge in [-0.15, -0.1) is 0 Å². The Balaban J connectivity index is 2.61. The second-order valence-corrected chi connectivity index (χ2v) is 4.01. The lowest BCUT2D eigenvalue weighted by Crippen LogP contribution is -2.25. The van der Waals surface area contributed by atoms with Gasteiger partial charge in [-0.1, -0.05) is 0 Å². The monoisotopic (exact) mass is 261 g/mol. The first-order chi connectivity index (χ1) is 9.00. The van der Waals surface area contributed by atoms with Gasteiger partial charge in [-0.3, -0.25) is 19.9 Å². The third kappa shape index (κ3) is 2.44. The van der Waals surface area contributed by atoms with Crippen LogP contribution in [0, 0.1) is 10.1 Å². The number of nitro benzene ring substituents is 1. The molecule has 0 saturated carbocycles. The lowest BCUT2D eigenvalue weighted by molar-refractivity contribution is -0.383. The van der Waals surface area contributed by atoms with Gasteiger partial charge in [0.2, 0.25) is 0 Å². The van der Waals surface area contributed by atoms with E-state index >= 15 is 0 Å². The Morgan fingerprint density at radius 2 is 2.21 bits per heavy atom. The van der Waals surface area contributed by atoms with Crippen molar-refractivity contribution in [3.63, 3.8) is 0 Å². The molecule has 1 heterocycles. The molecule has 0 aliphatic heterocycles. The minimum absolute atomic E-state index is 0.0458. The van der Waals surface area contributed by atoms with Crippen LogP contribution < -0.4 is 4.90 Å². The van der Waals surface area contributed by atoms with Crippen LogP contribution >= 0.6 is 0 Å². The van der Waals surface area contributed by atoms with E-state index in [-0.39, 0.29) is 12.2 Å². The average Bonchev–Trinajstić information content (AvgIpc) is 2.36. The van der Waals surface area contributed by atoms with Crippen molar-refractivity contribution >= 4 is 28.2 Å². The van der Waals surface area contributed by atoms with Crippen LogP contribution in [0.3, 0.4) is 0 Å². The molecule has 0 unspecified atom stereocenters. The molecule has 1 aromatic carbocycles. The SMILES string of the molecule is CN(CC(=O)O)c1ccc([N+](=O)[O-])c2cccnc12. The normalized spacial score (nSPS) is 10.4. The highest BCUT2D eigenvalue weighted by Gasteiger charge is 2.17. The van der Waals surface area contributed by atoms with E-state index in [0.717, 1.165) is 0 Å². The summed E-state index contributed by atoms with van der Waals surface area (Å²) >= 11 is 0. The molecule has 2 rings (SSSR count). The second-order valence-electron chi connectivity index (χ2n) is 4.01. The van der Waals surface area contributed by atoms with Crippen LogP contribution in [0.4, 0.5) is 11.4 Å². The fourth-order valence-electron chi connectivity index (χ4n) is 1.90. The summed E-state index contributed by atoms with van der Waals surface area (Å²) in [5, 5.41) is 20.1. The molecule has 0 radical (unpaired) electrons. The number of hydrogen-bond acceptors (Lipinski definition) is 5. The summed E-state index contributed by atoms with van der Waals surface area (Å²) in [6.07, 6.45) is 1.52. The fourth-order valence-corrected chi connectivity index (χ4v) is 1.90. The number of anilines is 1. The van der Waals surface area contributed by atoms with E-state index in [1.165, 1.54) is 23.2 Å². The zero-order chi connectivity index (χ0) is 14.0. The predicted molar refractivity (Wildman–Crippen MR) is 69.3 cm³/mol. The van der Waals surface area contributed by atoms with Crippen LogP contribution in [0.1, 0.15) is 0 Å². The van der Waals surface area contributed by atoms with Gasteiger partial charge in [-0.2, -0.15) is 0 Å². The summed E-state index contributed by atoms with van der Waals surface area (Å²) in [7, 11) is 1.60. The summed E-state index contributed by atoms with van der Waals surface area (Å²) in [5.41, 5.74) is 0.916. The number of benzene rings is 1. The molecular weight excluding hydrogens is 250 g/mol. The van der Waals surface area contributed by atoms with Crippen LogP contribution in [-0.2, 0) is 4.79 Å². The number of aromatic nitrogens is 1. The number of nitrogens with zero attached hydrogens (tertiary/aromatic N) is 3. The quantitative estimate of drug-likeness (QED) is 0.664. The average molecular weight is 261 g/mol. The maximum atomic E-state index is 10.9. The van der Waals surface area contributed by atoms with Crippen LogP contribution in [0.25, 0.3) is 10.9 Å². The van der Waals surface area contributed by atoms with E-state index in [4.69, 9.17) is 5.11 Å². The molecule has 0 spiro atoms. The fraction of sp³-hybridized carbons (Fsp3) is 0.167. The molecule has 0 fully saturated rings. The van der Waals surface area contributed by atoms with Gasteiger partial charge in [0.1, 0.15) is 12.1 Å². The number of carboxylic acids is 1. The van der Waals surface area contributed by atoms with E-state index in [1.807, 2.05) is 0 Å². The number of carbonyl (C=O) groups is 1. The summed E-state index contributed by atoms with van der Waals surface area (Å²) in [6, 6.07) is 6.07. The van der Waals surface area contributed by atoms with E-state index < -0.39 is 10.9 Å². The number of hydrogen-bond donors (Lipinski definition) is 1. The van der Waals surface area contributed by atoms with Gasteiger partial charge in [0.15, 0.2) is 0 Å². The van der Waals surface area contributed by atoms with Gasteiger partial charge in [0.25, 0.3) is 5.69 Å². The van der Waals surface area contributed by atoms with Crippen molar-refractivity contribution in [2.45, 2.75) is 0 Å². The lowest BCUT2D eigenvalue weighted by Gasteiger charge is -2.18. The molecule has 0 aliphatic carbocycles. The molecule has 0 amide bonds. The number of non-ortho nitro benzene ring substituents is 1. The number of carboxylic acid groups (broad SMARTS) is 1. The highest BCUT2D eigenvalue weighted by Crippen LogP contribution is 2.31. The first-order valence-electron chi connectivity index (χ1n) is 5.45. The van der Waals surface area contributed by atoms with Crippen molar-refractivity contribution in [3.05, 3.63) is 40.6 Å². The number of fused-ring (bicyclic) bond motifs is 1. The number of nitro groups is 1. The second kappa shape index (κ2) is 4.89. The largest absolute Gasteiger partial charge is 0.480 e. The van der Waals surface area contributed by atoms with E-state index in [1.54, 1.807) is 19.2 Å². The Labute approximate surface area is 108 Å². The van der Waals surface area contributed by atoms with Crippen LogP contribution in [0.15, 0.2) is 30.5 Å². The third-order valence-corrected chi connectivity index (χ3v) is 2.71. The summed E-state index contributed by atoms with van der Waals surface area (Å²) in [4.78, 5) is 26.8. The number of aliphatic carboxylic acids is 1. The standard InChI is InChI=1S/C12H11N3O4/c1-14(7-11(16)17)10-5-4-9(15(18)19)8-3-2-6-13-12(8)10/h2-6H,7H2,1H3,(H,16,17). The Hall–Kier alpha value is -2.70. The minimum atomic E-state index is -0.982. The number of likely N-dealkylation sites (N-methyl/N-ethyl adjacent to an activating group) is 1. The Bertz CT molecular complexity index is 656. The van der Waals surface area contributed by atoms with Crippen LogP contribution in [-0.4, -0.2) is 34.6 Å². The molecule has 1 N–H and O–H groups in total. The minimum Gasteiger partial charge on any atom is -0.480 e. The molecule has 19 heavy (non-hydrogen) atoms. The molecule has 7 nitrogen and oxygen atoms in total. The van der Waals surface area contributed by atoms with Crippen molar-refractivity contribution in [1.29, 1.82) is 0 Å². The Morgan fingerprint density at radius 1 is 1.47 bits per heavy atom. The van der Waals surface area contributed by atoms with Crippen LogP contribution in [0.2, 0.25) is 0 Å². The number of pyridine rings is 1. The van der Waals surface area contributed by atoms with Gasteiger partial charge < -0.3 is 10.0 Å². The maximum Gasteiger partial charge on any atom is 0.323 e. The van der Waals surface area contributed by atoms with E-state index in [2.05, 4.69) is 4.98 Å². The zero-order valence-corrected chi connectivity index (χ0v) is 10.1. The first kappa shape index (κ1) is 12.7. The molecular formula is C12H11N3O4.